The summed E-state index contributed by atoms with van der Waals surface area (Å²) in [6, 6.07) is 7.03. The maximum Gasteiger partial charge on any atom is 0.228 e. The van der Waals surface area contributed by atoms with Gasteiger partial charge in [-0.2, -0.15) is 0 Å². The van der Waals surface area contributed by atoms with E-state index in [4.69, 9.17) is 9.47 Å². The Morgan fingerprint density at radius 1 is 1.21 bits per heavy atom. The molecule has 0 saturated heterocycles. The van der Waals surface area contributed by atoms with Crippen molar-refractivity contribution in [3.05, 3.63) is 35.4 Å². The van der Waals surface area contributed by atoms with Crippen LogP contribution in [0.25, 0.3) is 0 Å². The van der Waals surface area contributed by atoms with Gasteiger partial charge in [0.2, 0.25) is 4.69 Å². The van der Waals surface area contributed by atoms with Gasteiger partial charge in [0.1, 0.15) is 0 Å². The number of carbonyl (C=O) groups is 1. The van der Waals surface area contributed by atoms with Gasteiger partial charge in [0.15, 0.2) is 6.29 Å². The van der Waals surface area contributed by atoms with Crippen molar-refractivity contribution in [3.63, 3.8) is 0 Å². The number of carbonyl (C=O) groups excluding carboxylic acids is 1. The van der Waals surface area contributed by atoms with E-state index in [-0.39, 0.29) is 11.0 Å². The molecule has 0 unspecified atom stereocenters. The van der Waals surface area contributed by atoms with E-state index in [1.54, 1.807) is 38.5 Å². The molecule has 0 aliphatic heterocycles. The Morgan fingerprint density at radius 2 is 1.71 bits per heavy atom. The predicted molar refractivity (Wildman–Crippen MR) is 56.5 cm³/mol. The number of ether oxygens (including phenoxy) is 2. The molecule has 0 aliphatic carbocycles. The number of benzene rings is 1. The van der Waals surface area contributed by atoms with E-state index < -0.39 is 0 Å². The van der Waals surface area contributed by atoms with E-state index in [0.717, 1.165) is 5.56 Å². The lowest BCUT2D eigenvalue weighted by molar-refractivity contribution is -0.106. The number of hydrogen-bond acceptors (Lipinski definition) is 3. The lowest BCUT2D eigenvalue weighted by Gasteiger charge is -2.13. The van der Waals surface area contributed by atoms with Crippen molar-refractivity contribution in [1.29, 1.82) is 0 Å². The van der Waals surface area contributed by atoms with Crippen LogP contribution in [0.4, 0.5) is 0 Å². The number of methoxy groups -OCH3 is 2. The normalized spacial score (nSPS) is 10.6. The summed E-state index contributed by atoms with van der Waals surface area (Å²) in [5, 5.41) is 0. The first kappa shape index (κ1) is 11.4. The molecule has 0 amide bonds. The molecule has 0 radical (unpaired) electrons. The Kier molecular flexibility index (Phi) is 4.25. The van der Waals surface area contributed by atoms with Crippen molar-refractivity contribution < 1.29 is 14.3 Å². The van der Waals surface area contributed by atoms with Gasteiger partial charge in [-0.1, -0.05) is 24.3 Å². The molecule has 0 heterocycles. The molecule has 0 fully saturated rings. The third-order valence-corrected chi connectivity index (χ3v) is 2.30. The van der Waals surface area contributed by atoms with Crippen molar-refractivity contribution >= 4 is 20.6 Å². The van der Waals surface area contributed by atoms with Crippen LogP contribution in [0.2, 0.25) is 0 Å². The maximum atomic E-state index is 10.9. The highest BCUT2D eigenvalue weighted by Gasteiger charge is 2.09. The molecule has 0 N–H and O–H groups in total. The van der Waals surface area contributed by atoms with Crippen LogP contribution < -0.4 is 0 Å². The Labute approximate surface area is 91.1 Å². The second kappa shape index (κ2) is 5.24. The molecule has 0 spiro atoms. The minimum atomic E-state index is -0.380. The van der Waals surface area contributed by atoms with Gasteiger partial charge in [0.25, 0.3) is 0 Å². The van der Waals surface area contributed by atoms with Crippen LogP contribution >= 0.6 is 15.9 Å². The minimum Gasteiger partial charge on any atom is -0.352 e. The van der Waals surface area contributed by atoms with Crippen molar-refractivity contribution in [2.24, 2.45) is 0 Å². The van der Waals surface area contributed by atoms with Gasteiger partial charge in [0.05, 0.1) is 0 Å². The van der Waals surface area contributed by atoms with Gasteiger partial charge in [-0.05, 0) is 15.9 Å². The molecule has 0 bridgehead atoms. The molecule has 1 aromatic rings. The van der Waals surface area contributed by atoms with Crippen LogP contribution in [0.1, 0.15) is 22.2 Å². The van der Waals surface area contributed by atoms with E-state index in [1.165, 1.54) is 0 Å². The highest BCUT2D eigenvalue weighted by molar-refractivity contribution is 9.18. The predicted octanol–water partition coefficient (Wildman–Crippen LogP) is 2.51. The Balaban J connectivity index is 2.87. The summed E-state index contributed by atoms with van der Waals surface area (Å²) in [7, 11) is 3.13. The fourth-order valence-electron chi connectivity index (χ4n) is 1.14. The SMILES string of the molecule is COC(OC)c1ccc(C(=O)Br)cc1. The van der Waals surface area contributed by atoms with Gasteiger partial charge < -0.3 is 9.47 Å². The minimum absolute atomic E-state index is 0.129. The van der Waals surface area contributed by atoms with E-state index in [0.29, 0.717) is 5.56 Å². The summed E-state index contributed by atoms with van der Waals surface area (Å²) in [5.74, 6) is 0. The van der Waals surface area contributed by atoms with Gasteiger partial charge in [-0.3, -0.25) is 4.79 Å². The highest BCUT2D eigenvalue weighted by Crippen LogP contribution is 2.18. The molecule has 0 aromatic heterocycles. The summed E-state index contributed by atoms with van der Waals surface area (Å²) in [6.45, 7) is 0. The zero-order valence-corrected chi connectivity index (χ0v) is 9.58. The largest absolute Gasteiger partial charge is 0.352 e. The van der Waals surface area contributed by atoms with Gasteiger partial charge in [-0.15, -0.1) is 0 Å². The molecular weight excluding hydrogens is 248 g/mol. The van der Waals surface area contributed by atoms with Crippen molar-refractivity contribution in [2.45, 2.75) is 6.29 Å². The molecule has 4 heteroatoms. The van der Waals surface area contributed by atoms with Crippen molar-refractivity contribution in [2.75, 3.05) is 14.2 Å². The molecule has 76 valence electrons. The van der Waals surface area contributed by atoms with E-state index in [2.05, 4.69) is 15.9 Å². The molecule has 1 rings (SSSR count). The molecule has 0 atom stereocenters. The van der Waals surface area contributed by atoms with Gasteiger partial charge in [0, 0.05) is 25.3 Å². The van der Waals surface area contributed by atoms with Gasteiger partial charge >= 0.3 is 0 Å². The molecule has 0 aliphatic rings. The first-order chi connectivity index (χ1) is 6.69. The third kappa shape index (κ3) is 2.64. The smallest absolute Gasteiger partial charge is 0.228 e. The van der Waals surface area contributed by atoms with E-state index >= 15 is 0 Å². The molecule has 3 nitrogen and oxygen atoms in total. The molecule has 14 heavy (non-hydrogen) atoms. The zero-order valence-electron chi connectivity index (χ0n) is 7.99. The summed E-state index contributed by atoms with van der Waals surface area (Å²) in [6.07, 6.45) is -0.380. The third-order valence-electron chi connectivity index (χ3n) is 1.84. The Morgan fingerprint density at radius 3 is 2.07 bits per heavy atom. The molecule has 1 aromatic carbocycles. The fraction of sp³-hybridized carbons (Fsp3) is 0.300. The maximum absolute atomic E-state index is 10.9. The van der Waals surface area contributed by atoms with Crippen molar-refractivity contribution in [1.82, 2.24) is 0 Å². The van der Waals surface area contributed by atoms with Crippen LogP contribution in [0.15, 0.2) is 24.3 Å². The second-order valence-corrected chi connectivity index (χ2v) is 3.42. The van der Waals surface area contributed by atoms with E-state index in [9.17, 15) is 4.79 Å². The Hall–Kier alpha value is -0.710. The first-order valence-electron chi connectivity index (χ1n) is 4.04. The lowest BCUT2D eigenvalue weighted by Crippen LogP contribution is -2.03. The summed E-state index contributed by atoms with van der Waals surface area (Å²) < 4.78 is 10.0. The number of rotatable bonds is 4. The monoisotopic (exact) mass is 258 g/mol. The zero-order chi connectivity index (χ0) is 10.6. The average molecular weight is 259 g/mol. The first-order valence-corrected chi connectivity index (χ1v) is 4.83. The number of hydrogen-bond donors (Lipinski definition) is 0. The number of halogens is 1. The lowest BCUT2D eigenvalue weighted by atomic mass is 10.1. The van der Waals surface area contributed by atoms with Crippen LogP contribution in [-0.4, -0.2) is 18.9 Å². The summed E-state index contributed by atoms with van der Waals surface area (Å²) in [5.41, 5.74) is 1.49. The second-order valence-electron chi connectivity index (χ2n) is 2.70. The van der Waals surface area contributed by atoms with Crippen LogP contribution in [0, 0.1) is 0 Å². The van der Waals surface area contributed by atoms with Crippen molar-refractivity contribution in [3.8, 4) is 0 Å². The van der Waals surface area contributed by atoms with Crippen LogP contribution in [0.5, 0.6) is 0 Å². The Bertz CT molecular complexity index is 304. The highest BCUT2D eigenvalue weighted by atomic mass is 79.9. The van der Waals surface area contributed by atoms with Gasteiger partial charge in [-0.25, -0.2) is 0 Å². The van der Waals surface area contributed by atoms with Crippen LogP contribution in [0.3, 0.4) is 0 Å². The summed E-state index contributed by atoms with van der Waals surface area (Å²) >= 11 is 2.88. The quantitative estimate of drug-likeness (QED) is 0.615. The fourth-order valence-corrected chi connectivity index (χ4v) is 1.40. The summed E-state index contributed by atoms with van der Waals surface area (Å²) in [4.78, 5) is 10.9. The standard InChI is InChI=1S/C10H11BrO3/c1-13-10(14-2)8-5-3-7(4-6-8)9(11)12/h3-6,10H,1-2H3. The van der Waals surface area contributed by atoms with Crippen LogP contribution in [-0.2, 0) is 9.47 Å². The average Bonchev–Trinajstić information content (AvgIpc) is 2.20. The van der Waals surface area contributed by atoms with E-state index in [1.807, 2.05) is 0 Å². The molecule has 0 saturated carbocycles. The molecular formula is C10H11BrO3. The topological polar surface area (TPSA) is 35.5 Å².